The largest absolute Gasteiger partial charge is 0.460 e. The number of rotatable bonds is 3. The maximum absolute atomic E-state index is 5.47. The third kappa shape index (κ3) is 1.70. The van der Waals surface area contributed by atoms with Gasteiger partial charge in [0.25, 0.3) is 0 Å². The van der Waals surface area contributed by atoms with Crippen LogP contribution in [-0.4, -0.2) is 17.0 Å². The van der Waals surface area contributed by atoms with E-state index in [-0.39, 0.29) is 0 Å². The Morgan fingerprint density at radius 1 is 1.50 bits per heavy atom. The fourth-order valence-corrected chi connectivity index (χ4v) is 1.32. The van der Waals surface area contributed by atoms with Gasteiger partial charge in [-0.05, 0) is 26.1 Å². The van der Waals surface area contributed by atoms with Crippen LogP contribution >= 0.6 is 0 Å². The van der Waals surface area contributed by atoms with Crippen LogP contribution < -0.4 is 5.32 Å². The first-order valence-corrected chi connectivity index (χ1v) is 4.55. The highest BCUT2D eigenvalue weighted by Crippen LogP contribution is 2.19. The Balaban J connectivity index is 2.24. The fourth-order valence-electron chi connectivity index (χ4n) is 1.32. The normalized spacial score (nSPS) is 10.7. The third-order valence-electron chi connectivity index (χ3n) is 1.98. The molecule has 74 valence electrons. The van der Waals surface area contributed by atoms with E-state index in [2.05, 4.69) is 15.3 Å². The molecule has 2 aromatic rings. The predicted octanol–water partition coefficient (Wildman–Crippen LogP) is 1.70. The average molecular weight is 191 g/mol. The molecule has 0 aliphatic carbocycles. The Hall–Kier alpha value is -1.55. The van der Waals surface area contributed by atoms with Crippen molar-refractivity contribution in [2.75, 3.05) is 7.05 Å². The standard InChI is InChI=1S/C10H13N3O/c1-7-3-4-9(14-7)8-5-12-10(13-8)6-11-2/h3-5,11H,6H2,1-2H3,(H,12,13). The zero-order valence-corrected chi connectivity index (χ0v) is 8.29. The summed E-state index contributed by atoms with van der Waals surface area (Å²) in [4.78, 5) is 7.39. The minimum absolute atomic E-state index is 0.736. The Morgan fingerprint density at radius 3 is 3.00 bits per heavy atom. The summed E-state index contributed by atoms with van der Waals surface area (Å²) in [7, 11) is 1.89. The lowest BCUT2D eigenvalue weighted by atomic mass is 10.3. The summed E-state index contributed by atoms with van der Waals surface area (Å²) in [6.07, 6.45) is 1.78. The Labute approximate surface area is 82.4 Å². The summed E-state index contributed by atoms with van der Waals surface area (Å²) < 4.78 is 5.47. The van der Waals surface area contributed by atoms with Gasteiger partial charge in [0.05, 0.1) is 12.7 Å². The number of hydrogen-bond acceptors (Lipinski definition) is 3. The molecule has 2 N–H and O–H groups in total. The van der Waals surface area contributed by atoms with Crippen molar-refractivity contribution in [3.63, 3.8) is 0 Å². The molecular formula is C10H13N3O. The van der Waals surface area contributed by atoms with Gasteiger partial charge in [0.1, 0.15) is 17.3 Å². The van der Waals surface area contributed by atoms with Gasteiger partial charge in [-0.3, -0.25) is 0 Å². The first-order valence-electron chi connectivity index (χ1n) is 4.55. The van der Waals surface area contributed by atoms with Crippen molar-refractivity contribution in [3.8, 4) is 11.5 Å². The molecule has 2 rings (SSSR count). The van der Waals surface area contributed by atoms with Gasteiger partial charge in [0, 0.05) is 0 Å². The summed E-state index contributed by atoms with van der Waals surface area (Å²) in [6.45, 7) is 2.66. The summed E-state index contributed by atoms with van der Waals surface area (Å²) >= 11 is 0. The second kappa shape index (κ2) is 3.67. The summed E-state index contributed by atoms with van der Waals surface area (Å²) in [5, 5.41) is 3.03. The monoisotopic (exact) mass is 191 g/mol. The lowest BCUT2D eigenvalue weighted by molar-refractivity contribution is 0.546. The molecule has 0 aliphatic heterocycles. The molecule has 0 aromatic carbocycles. The molecule has 0 spiro atoms. The topological polar surface area (TPSA) is 53.9 Å². The van der Waals surface area contributed by atoms with Gasteiger partial charge >= 0.3 is 0 Å². The number of nitrogens with one attached hydrogen (secondary N) is 2. The average Bonchev–Trinajstić information content (AvgIpc) is 2.74. The molecule has 0 amide bonds. The lowest BCUT2D eigenvalue weighted by Gasteiger charge is -1.92. The molecule has 0 radical (unpaired) electrons. The zero-order valence-electron chi connectivity index (χ0n) is 8.29. The molecular weight excluding hydrogens is 178 g/mol. The van der Waals surface area contributed by atoms with Crippen molar-refractivity contribution < 1.29 is 4.42 Å². The SMILES string of the molecule is CNCc1ncc(-c2ccc(C)o2)[nH]1. The van der Waals surface area contributed by atoms with Gasteiger partial charge in [-0.2, -0.15) is 0 Å². The van der Waals surface area contributed by atoms with Crippen molar-refractivity contribution in [3.05, 3.63) is 29.9 Å². The minimum Gasteiger partial charge on any atom is -0.460 e. The first-order chi connectivity index (χ1) is 6.79. The molecule has 4 heteroatoms. The maximum atomic E-state index is 5.47. The van der Waals surface area contributed by atoms with Crippen LogP contribution in [0.2, 0.25) is 0 Å². The van der Waals surface area contributed by atoms with E-state index in [0.29, 0.717) is 0 Å². The molecule has 0 bridgehead atoms. The maximum Gasteiger partial charge on any atom is 0.152 e. The molecule has 0 saturated carbocycles. The number of nitrogens with zero attached hydrogens (tertiary/aromatic N) is 1. The number of aryl methyl sites for hydroxylation is 1. The quantitative estimate of drug-likeness (QED) is 0.776. The van der Waals surface area contributed by atoms with E-state index in [0.717, 1.165) is 29.6 Å². The number of hydrogen-bond donors (Lipinski definition) is 2. The van der Waals surface area contributed by atoms with E-state index in [1.807, 2.05) is 26.1 Å². The first kappa shape index (κ1) is 9.02. The van der Waals surface area contributed by atoms with Crippen molar-refractivity contribution in [2.45, 2.75) is 13.5 Å². The van der Waals surface area contributed by atoms with Crippen LogP contribution in [0.3, 0.4) is 0 Å². The van der Waals surface area contributed by atoms with Crippen molar-refractivity contribution in [1.82, 2.24) is 15.3 Å². The zero-order chi connectivity index (χ0) is 9.97. The molecule has 0 unspecified atom stereocenters. The van der Waals surface area contributed by atoms with Crippen molar-refractivity contribution >= 4 is 0 Å². The van der Waals surface area contributed by atoms with Crippen LogP contribution in [0.15, 0.2) is 22.7 Å². The highest BCUT2D eigenvalue weighted by Gasteiger charge is 2.05. The van der Waals surface area contributed by atoms with Crippen molar-refractivity contribution in [1.29, 1.82) is 0 Å². The minimum atomic E-state index is 0.736. The third-order valence-corrected chi connectivity index (χ3v) is 1.98. The molecule has 4 nitrogen and oxygen atoms in total. The molecule has 0 fully saturated rings. The fraction of sp³-hybridized carbons (Fsp3) is 0.300. The van der Waals surface area contributed by atoms with Gasteiger partial charge < -0.3 is 14.7 Å². The van der Waals surface area contributed by atoms with E-state index >= 15 is 0 Å². The lowest BCUT2D eigenvalue weighted by Crippen LogP contribution is -2.06. The van der Waals surface area contributed by atoms with E-state index in [1.54, 1.807) is 6.20 Å². The number of furan rings is 1. The van der Waals surface area contributed by atoms with E-state index in [9.17, 15) is 0 Å². The van der Waals surface area contributed by atoms with Gasteiger partial charge in [0.2, 0.25) is 0 Å². The van der Waals surface area contributed by atoms with Crippen LogP contribution in [0, 0.1) is 6.92 Å². The van der Waals surface area contributed by atoms with Crippen LogP contribution in [-0.2, 0) is 6.54 Å². The van der Waals surface area contributed by atoms with Crippen LogP contribution in [0.1, 0.15) is 11.6 Å². The highest BCUT2D eigenvalue weighted by molar-refractivity contribution is 5.51. The van der Waals surface area contributed by atoms with Gasteiger partial charge in [-0.1, -0.05) is 0 Å². The second-order valence-electron chi connectivity index (χ2n) is 3.18. The van der Waals surface area contributed by atoms with E-state index < -0.39 is 0 Å². The Kier molecular flexibility index (Phi) is 2.37. The highest BCUT2D eigenvalue weighted by atomic mass is 16.3. The second-order valence-corrected chi connectivity index (χ2v) is 3.18. The van der Waals surface area contributed by atoms with E-state index in [4.69, 9.17) is 4.42 Å². The van der Waals surface area contributed by atoms with Gasteiger partial charge in [-0.25, -0.2) is 4.98 Å². The molecule has 14 heavy (non-hydrogen) atoms. The van der Waals surface area contributed by atoms with Crippen molar-refractivity contribution in [2.24, 2.45) is 0 Å². The predicted molar refractivity (Wildman–Crippen MR) is 53.8 cm³/mol. The molecule has 2 heterocycles. The Morgan fingerprint density at radius 2 is 2.36 bits per heavy atom. The molecule has 2 aromatic heterocycles. The number of aromatic nitrogens is 2. The number of imidazole rings is 1. The van der Waals surface area contributed by atoms with Crippen LogP contribution in [0.4, 0.5) is 0 Å². The smallest absolute Gasteiger partial charge is 0.152 e. The number of H-pyrrole nitrogens is 1. The summed E-state index contributed by atoms with van der Waals surface area (Å²) in [5.74, 6) is 2.65. The van der Waals surface area contributed by atoms with Crippen LogP contribution in [0.5, 0.6) is 0 Å². The summed E-state index contributed by atoms with van der Waals surface area (Å²) in [5.41, 5.74) is 0.920. The summed E-state index contributed by atoms with van der Waals surface area (Å²) in [6, 6.07) is 3.87. The van der Waals surface area contributed by atoms with Crippen LogP contribution in [0.25, 0.3) is 11.5 Å². The molecule has 0 atom stereocenters. The number of aromatic amines is 1. The Bertz CT molecular complexity index is 416. The van der Waals surface area contributed by atoms with Gasteiger partial charge in [-0.15, -0.1) is 0 Å². The van der Waals surface area contributed by atoms with Gasteiger partial charge in [0.15, 0.2) is 5.76 Å². The van der Waals surface area contributed by atoms with E-state index in [1.165, 1.54) is 0 Å². The molecule has 0 saturated heterocycles. The molecule has 0 aliphatic rings.